The lowest BCUT2D eigenvalue weighted by Crippen LogP contribution is -2.11. The maximum absolute atomic E-state index is 14.7. The van der Waals surface area contributed by atoms with Crippen LogP contribution < -0.4 is 4.90 Å². The van der Waals surface area contributed by atoms with E-state index in [4.69, 9.17) is 0 Å². The van der Waals surface area contributed by atoms with Gasteiger partial charge in [0.1, 0.15) is 5.82 Å². The fourth-order valence-corrected chi connectivity index (χ4v) is 5.46. The molecule has 0 radical (unpaired) electrons. The molecule has 0 aliphatic heterocycles. The second kappa shape index (κ2) is 8.21. The second-order valence-corrected chi connectivity index (χ2v) is 9.14. The average molecular weight is 464 g/mol. The molecule has 0 saturated carbocycles. The maximum atomic E-state index is 14.7. The Bertz CT molecular complexity index is 1800. The van der Waals surface area contributed by atoms with Crippen molar-refractivity contribution in [3.8, 4) is 0 Å². The normalized spacial score (nSPS) is 11.5. The number of benzene rings is 7. The SMILES string of the molecule is Fc1cccc(N(c2cc3ccccc3c3ccccc23)c2cc3ccccc3c3ccccc23)c1. The molecule has 0 heterocycles. The van der Waals surface area contributed by atoms with Crippen LogP contribution in [0, 0.1) is 5.82 Å². The zero-order valence-corrected chi connectivity index (χ0v) is 19.5. The zero-order chi connectivity index (χ0) is 24.1. The third kappa shape index (κ3) is 3.23. The number of rotatable bonds is 3. The highest BCUT2D eigenvalue weighted by atomic mass is 19.1. The van der Waals surface area contributed by atoms with Gasteiger partial charge in [0.2, 0.25) is 0 Å². The van der Waals surface area contributed by atoms with Crippen molar-refractivity contribution in [3.05, 3.63) is 139 Å². The molecule has 0 fully saturated rings. The van der Waals surface area contributed by atoms with Gasteiger partial charge in [-0.05, 0) is 62.6 Å². The highest BCUT2D eigenvalue weighted by Crippen LogP contribution is 2.45. The van der Waals surface area contributed by atoms with Crippen LogP contribution in [-0.4, -0.2) is 0 Å². The summed E-state index contributed by atoms with van der Waals surface area (Å²) in [5.74, 6) is -0.257. The zero-order valence-electron chi connectivity index (χ0n) is 19.5. The van der Waals surface area contributed by atoms with Gasteiger partial charge in [-0.25, -0.2) is 4.39 Å². The number of fused-ring (bicyclic) bond motifs is 6. The number of halogens is 1. The van der Waals surface area contributed by atoms with Crippen LogP contribution in [0.5, 0.6) is 0 Å². The van der Waals surface area contributed by atoms with E-state index in [0.717, 1.165) is 38.6 Å². The molecule has 1 nitrogen and oxygen atoms in total. The van der Waals surface area contributed by atoms with Gasteiger partial charge < -0.3 is 4.90 Å². The van der Waals surface area contributed by atoms with Crippen molar-refractivity contribution in [1.29, 1.82) is 0 Å². The lowest BCUT2D eigenvalue weighted by Gasteiger charge is -2.29. The summed E-state index contributed by atoms with van der Waals surface area (Å²) in [6.07, 6.45) is 0. The minimum absolute atomic E-state index is 0.257. The molecule has 7 aromatic rings. The summed E-state index contributed by atoms with van der Waals surface area (Å²) >= 11 is 0. The number of hydrogen-bond acceptors (Lipinski definition) is 1. The van der Waals surface area contributed by atoms with Crippen molar-refractivity contribution in [2.45, 2.75) is 0 Å². The van der Waals surface area contributed by atoms with Gasteiger partial charge in [0.15, 0.2) is 0 Å². The lowest BCUT2D eigenvalue weighted by molar-refractivity contribution is 0.628. The third-order valence-corrected chi connectivity index (χ3v) is 7.04. The molecule has 7 rings (SSSR count). The van der Waals surface area contributed by atoms with Gasteiger partial charge >= 0.3 is 0 Å². The first-order chi connectivity index (χ1) is 17.8. The van der Waals surface area contributed by atoms with E-state index >= 15 is 0 Å². The Hall–Kier alpha value is -4.69. The molecule has 0 aromatic heterocycles. The minimum atomic E-state index is -0.257. The average Bonchev–Trinajstić information content (AvgIpc) is 2.93. The van der Waals surface area contributed by atoms with Gasteiger partial charge in [0, 0.05) is 16.5 Å². The summed E-state index contributed by atoms with van der Waals surface area (Å²) in [5, 5.41) is 9.32. The highest BCUT2D eigenvalue weighted by molar-refractivity contribution is 6.18. The maximum Gasteiger partial charge on any atom is 0.125 e. The fraction of sp³-hybridized carbons (Fsp3) is 0. The molecule has 2 heteroatoms. The summed E-state index contributed by atoms with van der Waals surface area (Å²) in [5.41, 5.74) is 2.83. The van der Waals surface area contributed by atoms with Crippen LogP contribution in [-0.2, 0) is 0 Å². The first kappa shape index (κ1) is 20.7. The topological polar surface area (TPSA) is 3.24 Å². The van der Waals surface area contributed by atoms with Crippen LogP contribution in [0.2, 0.25) is 0 Å². The Morgan fingerprint density at radius 1 is 0.389 bits per heavy atom. The summed E-state index contributed by atoms with van der Waals surface area (Å²) in [7, 11) is 0. The lowest BCUT2D eigenvalue weighted by atomic mass is 9.96. The van der Waals surface area contributed by atoms with E-state index in [1.165, 1.54) is 27.6 Å². The monoisotopic (exact) mass is 463 g/mol. The van der Waals surface area contributed by atoms with Crippen LogP contribution in [0.3, 0.4) is 0 Å². The fourth-order valence-electron chi connectivity index (χ4n) is 5.46. The Kier molecular flexibility index (Phi) is 4.71. The summed E-state index contributed by atoms with van der Waals surface area (Å²) in [6.45, 7) is 0. The molecule has 0 saturated heterocycles. The second-order valence-electron chi connectivity index (χ2n) is 9.14. The molecule has 170 valence electrons. The van der Waals surface area contributed by atoms with E-state index in [0.29, 0.717) is 0 Å². The standard InChI is InChI=1S/C34H22FN/c35-25-12-9-13-26(22-25)36(33-20-23-10-1-3-14-27(23)29-16-5-7-18-31(29)33)34-21-24-11-2-4-15-28(24)30-17-6-8-19-32(30)34/h1-22H. The predicted octanol–water partition coefficient (Wildman–Crippen LogP) is 9.91. The van der Waals surface area contributed by atoms with Crippen LogP contribution >= 0.6 is 0 Å². The van der Waals surface area contributed by atoms with Crippen LogP contribution in [0.15, 0.2) is 133 Å². The van der Waals surface area contributed by atoms with Crippen LogP contribution in [0.1, 0.15) is 0 Å². The molecule has 0 aliphatic carbocycles. The minimum Gasteiger partial charge on any atom is -0.309 e. The molecular weight excluding hydrogens is 441 g/mol. The van der Waals surface area contributed by atoms with Crippen molar-refractivity contribution in [2.24, 2.45) is 0 Å². The highest BCUT2D eigenvalue weighted by Gasteiger charge is 2.20. The summed E-state index contributed by atoms with van der Waals surface area (Å²) in [4.78, 5) is 2.21. The van der Waals surface area contributed by atoms with Gasteiger partial charge in [0.25, 0.3) is 0 Å². The van der Waals surface area contributed by atoms with Gasteiger partial charge in [-0.15, -0.1) is 0 Å². The van der Waals surface area contributed by atoms with Gasteiger partial charge in [-0.3, -0.25) is 0 Å². The van der Waals surface area contributed by atoms with Gasteiger partial charge in [-0.2, -0.15) is 0 Å². The molecule has 0 unspecified atom stereocenters. The van der Waals surface area contributed by atoms with Crippen LogP contribution in [0.25, 0.3) is 43.1 Å². The van der Waals surface area contributed by atoms with E-state index in [2.05, 4.69) is 114 Å². The molecule has 0 bridgehead atoms. The molecule has 0 spiro atoms. The molecule has 0 N–H and O–H groups in total. The molecule has 0 amide bonds. The van der Waals surface area contributed by atoms with Crippen molar-refractivity contribution in [3.63, 3.8) is 0 Å². The van der Waals surface area contributed by atoms with Gasteiger partial charge in [0.05, 0.1) is 11.4 Å². The third-order valence-electron chi connectivity index (χ3n) is 7.04. The Morgan fingerprint density at radius 2 is 0.833 bits per heavy atom. The Labute approximate surface area is 208 Å². The van der Waals surface area contributed by atoms with E-state index in [9.17, 15) is 4.39 Å². The first-order valence-corrected chi connectivity index (χ1v) is 12.1. The molecular formula is C34H22FN. The van der Waals surface area contributed by atoms with Crippen LogP contribution in [0.4, 0.5) is 21.5 Å². The van der Waals surface area contributed by atoms with Crippen molar-refractivity contribution in [2.75, 3.05) is 4.90 Å². The Balaban J connectivity index is 1.65. The number of anilines is 3. The largest absolute Gasteiger partial charge is 0.309 e. The van der Waals surface area contributed by atoms with E-state index in [1.54, 1.807) is 12.1 Å². The number of hydrogen-bond donors (Lipinski definition) is 0. The quantitative estimate of drug-likeness (QED) is 0.236. The molecule has 0 aliphatic rings. The summed E-state index contributed by atoms with van der Waals surface area (Å²) < 4.78 is 14.7. The van der Waals surface area contributed by atoms with Gasteiger partial charge in [-0.1, -0.05) is 103 Å². The first-order valence-electron chi connectivity index (χ1n) is 12.1. The number of nitrogens with zero attached hydrogens (tertiary/aromatic N) is 1. The van der Waals surface area contributed by atoms with Crippen molar-refractivity contribution < 1.29 is 4.39 Å². The van der Waals surface area contributed by atoms with E-state index in [1.807, 2.05) is 6.07 Å². The molecule has 36 heavy (non-hydrogen) atoms. The van der Waals surface area contributed by atoms with Crippen molar-refractivity contribution in [1.82, 2.24) is 0 Å². The molecule has 7 aromatic carbocycles. The van der Waals surface area contributed by atoms with E-state index < -0.39 is 0 Å². The molecule has 0 atom stereocenters. The van der Waals surface area contributed by atoms with Crippen molar-refractivity contribution >= 4 is 60.2 Å². The smallest absolute Gasteiger partial charge is 0.125 e. The summed E-state index contributed by atoms with van der Waals surface area (Å²) in [6, 6.07) is 45.2. The van der Waals surface area contributed by atoms with E-state index in [-0.39, 0.29) is 5.82 Å². The Morgan fingerprint density at radius 3 is 1.33 bits per heavy atom. The predicted molar refractivity (Wildman–Crippen MR) is 151 cm³/mol.